The molecule has 0 unspecified atom stereocenters. The van der Waals surface area contributed by atoms with Crippen LogP contribution in [0.3, 0.4) is 0 Å². The summed E-state index contributed by atoms with van der Waals surface area (Å²) in [6.45, 7) is 3.12. The minimum atomic E-state index is -0.150. The number of urea groups is 1. The lowest BCUT2D eigenvalue weighted by Gasteiger charge is -2.24. The topological polar surface area (TPSA) is 79.9 Å². The Hall–Kier alpha value is -2.44. The Balaban J connectivity index is 1.44. The molecular weight excluding hydrogens is 334 g/mol. The van der Waals surface area contributed by atoms with Gasteiger partial charge in [-0.3, -0.25) is 4.79 Å². The fraction of sp³-hybridized carbons (Fsp3) is 0.579. The van der Waals surface area contributed by atoms with Crippen LogP contribution in [-0.2, 0) is 11.3 Å². The molecule has 2 N–H and O–H groups in total. The van der Waals surface area contributed by atoms with Gasteiger partial charge in [-0.1, -0.05) is 25.3 Å². The number of hydrogen-bond acceptors (Lipinski definition) is 4. The van der Waals surface area contributed by atoms with E-state index in [-0.39, 0.29) is 24.8 Å². The van der Waals surface area contributed by atoms with E-state index in [1.165, 1.54) is 26.2 Å². The number of nitrogens with one attached hydrogen (secondary N) is 2. The maximum atomic E-state index is 12.0. The van der Waals surface area contributed by atoms with Gasteiger partial charge >= 0.3 is 6.03 Å². The molecule has 7 nitrogen and oxygen atoms in total. The van der Waals surface area contributed by atoms with Crippen molar-refractivity contribution in [3.8, 4) is 11.5 Å². The van der Waals surface area contributed by atoms with Gasteiger partial charge in [-0.05, 0) is 30.5 Å². The van der Waals surface area contributed by atoms with Gasteiger partial charge in [0.1, 0.15) is 0 Å². The predicted molar refractivity (Wildman–Crippen MR) is 97.1 cm³/mol. The molecule has 1 fully saturated rings. The number of amides is 3. The maximum absolute atomic E-state index is 12.0. The molecule has 0 spiro atoms. The predicted octanol–water partition coefficient (Wildman–Crippen LogP) is 2.40. The summed E-state index contributed by atoms with van der Waals surface area (Å²) < 4.78 is 10.7. The molecule has 1 saturated carbocycles. The van der Waals surface area contributed by atoms with E-state index in [1.807, 2.05) is 18.2 Å². The van der Waals surface area contributed by atoms with Crippen molar-refractivity contribution in [1.82, 2.24) is 15.5 Å². The van der Waals surface area contributed by atoms with Crippen LogP contribution in [0.15, 0.2) is 18.2 Å². The van der Waals surface area contributed by atoms with Crippen LogP contribution in [0.25, 0.3) is 0 Å². The first-order chi connectivity index (χ1) is 12.6. The van der Waals surface area contributed by atoms with E-state index in [4.69, 9.17) is 9.47 Å². The number of carbonyl (C=O) groups is 2. The lowest BCUT2D eigenvalue weighted by Crippen LogP contribution is -2.45. The number of nitrogens with zero attached hydrogens (tertiary/aromatic N) is 1. The summed E-state index contributed by atoms with van der Waals surface area (Å²) in [6, 6.07) is 5.80. The van der Waals surface area contributed by atoms with Gasteiger partial charge in [0.2, 0.25) is 12.7 Å². The summed E-state index contributed by atoms with van der Waals surface area (Å²) in [4.78, 5) is 25.6. The van der Waals surface area contributed by atoms with Crippen molar-refractivity contribution in [2.75, 3.05) is 19.9 Å². The van der Waals surface area contributed by atoms with Crippen LogP contribution in [-0.4, -0.2) is 42.8 Å². The highest BCUT2D eigenvalue weighted by molar-refractivity contribution is 5.75. The normalized spacial score (nSPS) is 16.2. The summed E-state index contributed by atoms with van der Waals surface area (Å²) in [5.74, 6) is 1.40. The van der Waals surface area contributed by atoms with Crippen LogP contribution in [0.5, 0.6) is 11.5 Å². The Morgan fingerprint density at radius 3 is 2.69 bits per heavy atom. The summed E-state index contributed by atoms with van der Waals surface area (Å²) in [7, 11) is 0. The number of carbonyl (C=O) groups excluding carboxylic acids is 2. The molecule has 0 atom stereocenters. The van der Waals surface area contributed by atoms with Crippen molar-refractivity contribution in [1.29, 1.82) is 0 Å². The third-order valence-electron chi connectivity index (χ3n) is 4.86. The van der Waals surface area contributed by atoms with Gasteiger partial charge in [0.15, 0.2) is 11.5 Å². The molecule has 0 aromatic heterocycles. The van der Waals surface area contributed by atoms with E-state index in [9.17, 15) is 9.59 Å². The Kier molecular flexibility index (Phi) is 6.20. The van der Waals surface area contributed by atoms with Crippen LogP contribution in [0.2, 0.25) is 0 Å². The third-order valence-corrected chi connectivity index (χ3v) is 4.86. The Bertz CT molecular complexity index is 644. The highest BCUT2D eigenvalue weighted by Gasteiger charge is 2.17. The van der Waals surface area contributed by atoms with Crippen molar-refractivity contribution < 1.29 is 19.1 Å². The first-order valence-electron chi connectivity index (χ1n) is 9.30. The maximum Gasteiger partial charge on any atom is 0.315 e. The molecule has 142 valence electrons. The van der Waals surface area contributed by atoms with Crippen LogP contribution in [0.4, 0.5) is 4.79 Å². The molecule has 0 bridgehead atoms. The second kappa shape index (κ2) is 8.78. The second-order valence-corrected chi connectivity index (χ2v) is 6.86. The number of benzene rings is 1. The standard InChI is InChI=1S/C19H27N3O4/c1-14(23)22(12-15-7-8-17-18(11-15)26-13-25-17)10-9-20-19(24)21-16-5-3-2-4-6-16/h7-8,11,16H,2-6,9-10,12-13H2,1H3,(H2,20,21,24). The number of hydrogen-bond donors (Lipinski definition) is 2. The molecule has 1 aliphatic heterocycles. The molecule has 7 heteroatoms. The third kappa shape index (κ3) is 5.03. The molecular formula is C19H27N3O4. The van der Waals surface area contributed by atoms with Crippen molar-refractivity contribution in [2.24, 2.45) is 0 Å². The zero-order valence-corrected chi connectivity index (χ0v) is 15.3. The molecule has 1 aliphatic carbocycles. The second-order valence-electron chi connectivity index (χ2n) is 6.86. The van der Waals surface area contributed by atoms with Gasteiger partial charge < -0.3 is 25.0 Å². The smallest absolute Gasteiger partial charge is 0.315 e. The molecule has 26 heavy (non-hydrogen) atoms. The van der Waals surface area contributed by atoms with Crippen LogP contribution < -0.4 is 20.1 Å². The van der Waals surface area contributed by atoms with E-state index in [1.54, 1.807) is 4.90 Å². The first-order valence-corrected chi connectivity index (χ1v) is 9.30. The van der Waals surface area contributed by atoms with Crippen molar-refractivity contribution in [2.45, 2.75) is 51.6 Å². The Labute approximate surface area is 154 Å². The minimum absolute atomic E-state index is 0.0304. The van der Waals surface area contributed by atoms with Crippen molar-refractivity contribution in [3.05, 3.63) is 23.8 Å². The average molecular weight is 361 g/mol. The van der Waals surface area contributed by atoms with Gasteiger partial charge in [-0.15, -0.1) is 0 Å². The van der Waals surface area contributed by atoms with Crippen molar-refractivity contribution in [3.63, 3.8) is 0 Å². The molecule has 2 aliphatic rings. The molecule has 1 heterocycles. The zero-order valence-electron chi connectivity index (χ0n) is 15.3. The molecule has 0 saturated heterocycles. The van der Waals surface area contributed by atoms with Gasteiger partial charge in [-0.25, -0.2) is 4.79 Å². The number of rotatable bonds is 6. The SMILES string of the molecule is CC(=O)N(CCNC(=O)NC1CCCCC1)Cc1ccc2c(c1)OCO2. The zero-order chi connectivity index (χ0) is 18.4. The molecule has 3 amide bonds. The summed E-state index contributed by atoms with van der Waals surface area (Å²) in [5.41, 5.74) is 0.969. The highest BCUT2D eigenvalue weighted by atomic mass is 16.7. The Morgan fingerprint density at radius 1 is 1.15 bits per heavy atom. The van der Waals surface area contributed by atoms with E-state index >= 15 is 0 Å². The van der Waals surface area contributed by atoms with Crippen molar-refractivity contribution >= 4 is 11.9 Å². The molecule has 1 aromatic rings. The van der Waals surface area contributed by atoms with Gasteiger partial charge in [-0.2, -0.15) is 0 Å². The lowest BCUT2D eigenvalue weighted by atomic mass is 9.96. The van der Waals surface area contributed by atoms with E-state index in [0.29, 0.717) is 25.4 Å². The number of ether oxygens (including phenoxy) is 2. The monoisotopic (exact) mass is 361 g/mol. The van der Waals surface area contributed by atoms with Gasteiger partial charge in [0.25, 0.3) is 0 Å². The average Bonchev–Trinajstić information content (AvgIpc) is 3.09. The van der Waals surface area contributed by atoms with Gasteiger partial charge in [0.05, 0.1) is 0 Å². The van der Waals surface area contributed by atoms with Gasteiger partial charge in [0, 0.05) is 32.6 Å². The molecule has 3 rings (SSSR count). The first kappa shape index (κ1) is 18.4. The molecule has 0 radical (unpaired) electrons. The molecule has 1 aromatic carbocycles. The quantitative estimate of drug-likeness (QED) is 0.815. The largest absolute Gasteiger partial charge is 0.454 e. The van der Waals surface area contributed by atoms with Crippen LogP contribution >= 0.6 is 0 Å². The summed E-state index contributed by atoms with van der Waals surface area (Å²) in [6.07, 6.45) is 5.72. The van der Waals surface area contributed by atoms with E-state index in [0.717, 1.165) is 24.2 Å². The van der Waals surface area contributed by atoms with Crippen LogP contribution in [0.1, 0.15) is 44.6 Å². The number of fused-ring (bicyclic) bond motifs is 1. The minimum Gasteiger partial charge on any atom is -0.454 e. The van der Waals surface area contributed by atoms with E-state index in [2.05, 4.69) is 10.6 Å². The fourth-order valence-electron chi connectivity index (χ4n) is 3.40. The lowest BCUT2D eigenvalue weighted by molar-refractivity contribution is -0.129. The summed E-state index contributed by atoms with van der Waals surface area (Å²) >= 11 is 0. The fourth-order valence-corrected chi connectivity index (χ4v) is 3.40. The summed E-state index contributed by atoms with van der Waals surface area (Å²) in [5, 5.41) is 5.87. The van der Waals surface area contributed by atoms with E-state index < -0.39 is 0 Å². The highest BCUT2D eigenvalue weighted by Crippen LogP contribution is 2.32. The Morgan fingerprint density at radius 2 is 1.92 bits per heavy atom. The van der Waals surface area contributed by atoms with Crippen LogP contribution in [0, 0.1) is 0 Å².